The Balaban J connectivity index is 2.36. The van der Waals surface area contributed by atoms with Gasteiger partial charge in [0.2, 0.25) is 0 Å². The van der Waals surface area contributed by atoms with E-state index in [2.05, 4.69) is 36.2 Å². The molecular weight excluding hydrogens is 236 g/mol. The zero-order valence-corrected chi connectivity index (χ0v) is 12.2. The minimum atomic E-state index is 0.0580. The predicted octanol–water partition coefficient (Wildman–Crippen LogP) is 2.86. The third-order valence-corrected chi connectivity index (χ3v) is 3.55. The van der Waals surface area contributed by atoms with Gasteiger partial charge in [0.05, 0.1) is 12.2 Å². The monoisotopic (exact) mass is 260 g/mol. The molecular formula is C16H24N2O. The topological polar surface area (TPSA) is 35.5 Å². The summed E-state index contributed by atoms with van der Waals surface area (Å²) in [4.78, 5) is 2.11. The molecule has 0 amide bonds. The van der Waals surface area contributed by atoms with Gasteiger partial charge in [-0.3, -0.25) is 10.2 Å². The van der Waals surface area contributed by atoms with Crippen LogP contribution in [-0.2, 0) is 0 Å². The van der Waals surface area contributed by atoms with Gasteiger partial charge in [-0.2, -0.15) is 0 Å². The van der Waals surface area contributed by atoms with Crippen molar-refractivity contribution in [2.75, 3.05) is 14.1 Å². The molecule has 1 heterocycles. The molecule has 1 aliphatic rings. The van der Waals surface area contributed by atoms with Gasteiger partial charge < -0.3 is 5.11 Å². The quantitative estimate of drug-likeness (QED) is 0.874. The molecule has 2 unspecified atom stereocenters. The van der Waals surface area contributed by atoms with Crippen molar-refractivity contribution in [2.45, 2.75) is 32.5 Å². The Morgan fingerprint density at radius 3 is 2.37 bits per heavy atom. The maximum Gasteiger partial charge on any atom is 0.116 e. The van der Waals surface area contributed by atoms with Gasteiger partial charge in [-0.1, -0.05) is 44.2 Å². The minimum absolute atomic E-state index is 0.0580. The molecule has 2 N–H and O–H groups in total. The van der Waals surface area contributed by atoms with Crippen LogP contribution in [0, 0.1) is 5.92 Å². The van der Waals surface area contributed by atoms with Crippen LogP contribution in [-0.4, -0.2) is 36.3 Å². The highest BCUT2D eigenvalue weighted by atomic mass is 16.3. The highest BCUT2D eigenvalue weighted by Crippen LogP contribution is 2.32. The third kappa shape index (κ3) is 2.99. The molecule has 0 spiro atoms. The Morgan fingerprint density at radius 1 is 1.21 bits per heavy atom. The number of nitrogens with one attached hydrogen (secondary N) is 1. The number of aliphatic hydroxyl groups excluding tert-OH is 1. The first kappa shape index (κ1) is 14.1. The molecule has 1 aliphatic heterocycles. The molecule has 0 fully saturated rings. The lowest BCUT2D eigenvalue weighted by Crippen LogP contribution is -2.42. The minimum Gasteiger partial charge on any atom is -0.510 e. The zero-order chi connectivity index (χ0) is 14.0. The summed E-state index contributed by atoms with van der Waals surface area (Å²) in [6.07, 6.45) is 1.03. The summed E-state index contributed by atoms with van der Waals surface area (Å²) in [6.45, 7) is 4.36. The molecule has 2 atom stereocenters. The summed E-state index contributed by atoms with van der Waals surface area (Å²) in [7, 11) is 4.07. The molecule has 0 bridgehead atoms. The number of nitrogens with zero attached hydrogens (tertiary/aromatic N) is 1. The fraction of sp³-hybridized carbons (Fsp3) is 0.500. The van der Waals surface area contributed by atoms with Gasteiger partial charge >= 0.3 is 0 Å². The Morgan fingerprint density at radius 2 is 1.84 bits per heavy atom. The van der Waals surface area contributed by atoms with Gasteiger partial charge in [0.1, 0.15) is 5.76 Å². The van der Waals surface area contributed by atoms with Crippen molar-refractivity contribution in [3.8, 4) is 0 Å². The van der Waals surface area contributed by atoms with Crippen molar-refractivity contribution < 1.29 is 5.11 Å². The second-order valence-corrected chi connectivity index (χ2v) is 5.88. The number of likely N-dealkylation sites (N-methyl/N-ethyl adjacent to an activating group) is 1. The summed E-state index contributed by atoms with van der Waals surface area (Å²) >= 11 is 0. The van der Waals surface area contributed by atoms with E-state index in [1.54, 1.807) is 0 Å². The summed E-state index contributed by atoms with van der Waals surface area (Å²) in [6, 6.07) is 10.2. The van der Waals surface area contributed by atoms with Crippen LogP contribution in [0.25, 0.3) is 5.57 Å². The van der Waals surface area contributed by atoms with Crippen molar-refractivity contribution in [3.05, 3.63) is 41.7 Å². The van der Waals surface area contributed by atoms with Gasteiger partial charge in [0.25, 0.3) is 0 Å². The highest BCUT2D eigenvalue weighted by molar-refractivity contribution is 5.74. The molecule has 2 rings (SSSR count). The van der Waals surface area contributed by atoms with Crippen LogP contribution in [0.2, 0.25) is 0 Å². The lowest BCUT2D eigenvalue weighted by atomic mass is 9.99. The summed E-state index contributed by atoms with van der Waals surface area (Å²) in [5.74, 6) is 1.05. The van der Waals surface area contributed by atoms with Gasteiger partial charge in [0, 0.05) is 5.57 Å². The number of benzene rings is 1. The molecule has 0 saturated carbocycles. The molecule has 19 heavy (non-hydrogen) atoms. The standard InChI is InChI=1S/C16H24N2O/c1-11(2)10-13-15(19)14(16(17-13)18(3)4)12-8-6-5-7-9-12/h5-9,11,13,16-17,19H,10H2,1-4H3. The maximum atomic E-state index is 10.6. The van der Waals surface area contributed by atoms with Crippen molar-refractivity contribution in [1.82, 2.24) is 10.2 Å². The molecule has 0 aliphatic carbocycles. The van der Waals surface area contributed by atoms with Crippen molar-refractivity contribution in [3.63, 3.8) is 0 Å². The second kappa shape index (κ2) is 5.76. The fourth-order valence-corrected chi connectivity index (χ4v) is 2.66. The van der Waals surface area contributed by atoms with Crippen LogP contribution in [0.4, 0.5) is 0 Å². The van der Waals surface area contributed by atoms with E-state index in [0.717, 1.165) is 17.6 Å². The largest absolute Gasteiger partial charge is 0.510 e. The Hall–Kier alpha value is -1.32. The normalized spacial score (nSPS) is 23.7. The van der Waals surface area contributed by atoms with Gasteiger partial charge in [0.15, 0.2) is 0 Å². The van der Waals surface area contributed by atoms with Crippen LogP contribution >= 0.6 is 0 Å². The Kier molecular flexibility index (Phi) is 4.27. The molecule has 1 aromatic carbocycles. The predicted molar refractivity (Wildman–Crippen MR) is 79.8 cm³/mol. The Labute approximate surface area is 115 Å². The maximum absolute atomic E-state index is 10.6. The third-order valence-electron chi connectivity index (χ3n) is 3.55. The highest BCUT2D eigenvalue weighted by Gasteiger charge is 2.35. The van der Waals surface area contributed by atoms with E-state index >= 15 is 0 Å². The number of hydrogen-bond donors (Lipinski definition) is 2. The van der Waals surface area contributed by atoms with E-state index < -0.39 is 0 Å². The molecule has 0 aromatic heterocycles. The van der Waals surface area contributed by atoms with Crippen LogP contribution in [0.5, 0.6) is 0 Å². The van der Waals surface area contributed by atoms with E-state index in [1.807, 2.05) is 32.3 Å². The van der Waals surface area contributed by atoms with Crippen molar-refractivity contribution in [2.24, 2.45) is 5.92 Å². The van der Waals surface area contributed by atoms with E-state index in [9.17, 15) is 5.11 Å². The van der Waals surface area contributed by atoms with Crippen LogP contribution < -0.4 is 5.32 Å². The second-order valence-electron chi connectivity index (χ2n) is 5.88. The van der Waals surface area contributed by atoms with E-state index in [0.29, 0.717) is 11.7 Å². The SMILES string of the molecule is CC(C)CC1NC(N(C)C)C(c2ccccc2)=C1O. The first-order valence-corrected chi connectivity index (χ1v) is 6.91. The molecule has 0 saturated heterocycles. The summed E-state index contributed by atoms with van der Waals surface area (Å²) in [5, 5.41) is 14.1. The molecule has 104 valence electrons. The zero-order valence-electron chi connectivity index (χ0n) is 12.2. The molecule has 0 radical (unpaired) electrons. The van der Waals surface area contributed by atoms with Gasteiger partial charge in [-0.25, -0.2) is 0 Å². The Bertz CT molecular complexity index is 451. The first-order valence-electron chi connectivity index (χ1n) is 6.91. The number of rotatable bonds is 4. The lowest BCUT2D eigenvalue weighted by molar-refractivity contribution is 0.275. The first-order chi connectivity index (χ1) is 9.00. The van der Waals surface area contributed by atoms with Crippen LogP contribution in [0.15, 0.2) is 36.1 Å². The van der Waals surface area contributed by atoms with E-state index in [4.69, 9.17) is 0 Å². The van der Waals surface area contributed by atoms with Crippen molar-refractivity contribution >= 4 is 5.57 Å². The average Bonchev–Trinajstić information content (AvgIpc) is 2.67. The summed E-state index contributed by atoms with van der Waals surface area (Å²) in [5.41, 5.74) is 2.11. The molecule has 3 heteroatoms. The lowest BCUT2D eigenvalue weighted by Gasteiger charge is -2.24. The average molecular weight is 260 g/mol. The van der Waals surface area contributed by atoms with Gasteiger partial charge in [-0.05, 0) is 32.0 Å². The molecule has 3 nitrogen and oxygen atoms in total. The van der Waals surface area contributed by atoms with E-state index in [1.165, 1.54) is 0 Å². The fourth-order valence-electron chi connectivity index (χ4n) is 2.66. The smallest absolute Gasteiger partial charge is 0.116 e. The number of hydrogen-bond acceptors (Lipinski definition) is 3. The van der Waals surface area contributed by atoms with E-state index in [-0.39, 0.29) is 12.2 Å². The summed E-state index contributed by atoms with van der Waals surface area (Å²) < 4.78 is 0. The van der Waals surface area contributed by atoms with Crippen LogP contribution in [0.3, 0.4) is 0 Å². The molecule has 1 aromatic rings. The van der Waals surface area contributed by atoms with Gasteiger partial charge in [-0.15, -0.1) is 0 Å². The van der Waals surface area contributed by atoms with Crippen molar-refractivity contribution in [1.29, 1.82) is 0 Å². The number of aliphatic hydroxyl groups is 1. The van der Waals surface area contributed by atoms with Crippen LogP contribution in [0.1, 0.15) is 25.8 Å².